The van der Waals surface area contributed by atoms with Crippen LogP contribution in [0.1, 0.15) is 95.9 Å². The Labute approximate surface area is 212 Å². The highest BCUT2D eigenvalue weighted by Gasteiger charge is 2.15. The summed E-state index contributed by atoms with van der Waals surface area (Å²) in [7, 11) is 0. The zero-order valence-corrected chi connectivity index (χ0v) is 22.1. The highest BCUT2D eigenvalue weighted by atomic mass is 16.7. The summed E-state index contributed by atoms with van der Waals surface area (Å²) in [6.45, 7) is 22.2. The van der Waals surface area contributed by atoms with E-state index in [0.717, 1.165) is 51.5 Å². The predicted molar refractivity (Wildman–Crippen MR) is 142 cm³/mol. The summed E-state index contributed by atoms with van der Waals surface area (Å²) in [5.41, 5.74) is 0. The first-order valence-corrected chi connectivity index (χ1v) is 12.8. The molecule has 4 fully saturated rings. The fraction of sp³-hybridized carbons (Fsp3) is 1.00. The van der Waals surface area contributed by atoms with Crippen LogP contribution in [0.4, 0.5) is 0 Å². The average Bonchev–Trinajstić information content (AvgIpc) is 2.78. The number of ether oxygens (including phenoxy) is 6. The molecule has 0 aromatic rings. The standard InChI is InChI=1S/2C7H14O.2C6H12O2.2CH4/c2*1-6-3-4-7(2)8-5-6;2*1-5-3-7-6(2)8-4-5;;/h2*6-7H,3-5H2,1-2H3;2*5-6H,3-4H2,1-2H3;2*1H4. The third-order valence-electron chi connectivity index (χ3n) is 5.92. The molecule has 0 saturated carbocycles. The maximum Gasteiger partial charge on any atom is 0.154 e. The minimum Gasteiger partial charge on any atom is -0.378 e. The zero-order valence-electron chi connectivity index (χ0n) is 22.1. The smallest absolute Gasteiger partial charge is 0.154 e. The Hall–Kier alpha value is -0.240. The van der Waals surface area contributed by atoms with Crippen LogP contribution in [0.5, 0.6) is 0 Å². The Morgan fingerprint density at radius 3 is 0.794 bits per heavy atom. The van der Waals surface area contributed by atoms with E-state index in [-0.39, 0.29) is 27.4 Å². The largest absolute Gasteiger partial charge is 0.378 e. The van der Waals surface area contributed by atoms with Crippen molar-refractivity contribution < 1.29 is 28.4 Å². The zero-order chi connectivity index (χ0) is 23.9. The second-order valence-corrected chi connectivity index (χ2v) is 10.3. The summed E-state index contributed by atoms with van der Waals surface area (Å²) in [4.78, 5) is 0. The summed E-state index contributed by atoms with van der Waals surface area (Å²) in [5.74, 6) is 2.75. The van der Waals surface area contributed by atoms with Crippen LogP contribution in [-0.2, 0) is 28.4 Å². The molecule has 0 bridgehead atoms. The first-order valence-electron chi connectivity index (χ1n) is 12.8. The van der Waals surface area contributed by atoms with Crippen LogP contribution >= 0.6 is 0 Å². The molecule has 0 amide bonds. The normalized spacial score (nSPS) is 37.4. The van der Waals surface area contributed by atoms with Gasteiger partial charge in [0.1, 0.15) is 0 Å². The molecule has 0 aliphatic carbocycles. The fourth-order valence-electron chi connectivity index (χ4n) is 3.42. The van der Waals surface area contributed by atoms with Gasteiger partial charge in [-0.2, -0.15) is 0 Å². The number of hydrogen-bond acceptors (Lipinski definition) is 6. The molecule has 4 rings (SSSR count). The van der Waals surface area contributed by atoms with Gasteiger partial charge in [0.2, 0.25) is 0 Å². The van der Waals surface area contributed by atoms with Crippen molar-refractivity contribution in [3.8, 4) is 0 Å². The Morgan fingerprint density at radius 1 is 0.353 bits per heavy atom. The van der Waals surface area contributed by atoms with E-state index in [1.54, 1.807) is 0 Å². The molecule has 34 heavy (non-hydrogen) atoms. The Kier molecular flexibility index (Phi) is 22.1. The lowest BCUT2D eigenvalue weighted by atomic mass is 10.0. The second-order valence-electron chi connectivity index (χ2n) is 10.3. The van der Waals surface area contributed by atoms with E-state index in [9.17, 15) is 0 Å². The minimum atomic E-state index is 0. The van der Waals surface area contributed by atoms with Crippen molar-refractivity contribution in [2.75, 3.05) is 39.6 Å². The first-order chi connectivity index (χ1) is 15.2. The van der Waals surface area contributed by atoms with Gasteiger partial charge in [-0.15, -0.1) is 0 Å². The molecule has 4 unspecified atom stereocenters. The van der Waals surface area contributed by atoms with Crippen LogP contribution in [0.15, 0.2) is 0 Å². The highest BCUT2D eigenvalue weighted by molar-refractivity contribution is 4.63. The van der Waals surface area contributed by atoms with Gasteiger partial charge in [-0.25, -0.2) is 0 Å². The second kappa shape index (κ2) is 20.9. The molecule has 0 N–H and O–H groups in total. The molecule has 0 spiro atoms. The highest BCUT2D eigenvalue weighted by Crippen LogP contribution is 2.17. The third kappa shape index (κ3) is 19.0. The van der Waals surface area contributed by atoms with E-state index in [1.807, 2.05) is 13.8 Å². The van der Waals surface area contributed by atoms with Crippen LogP contribution < -0.4 is 0 Å². The summed E-state index contributed by atoms with van der Waals surface area (Å²) < 4.78 is 31.5. The van der Waals surface area contributed by atoms with Crippen molar-refractivity contribution in [1.29, 1.82) is 0 Å². The van der Waals surface area contributed by atoms with Crippen LogP contribution in [0, 0.1) is 23.7 Å². The molecule has 6 nitrogen and oxygen atoms in total. The van der Waals surface area contributed by atoms with Gasteiger partial charge in [0.05, 0.1) is 38.6 Å². The lowest BCUT2D eigenvalue weighted by Crippen LogP contribution is -2.27. The molecule has 4 atom stereocenters. The van der Waals surface area contributed by atoms with E-state index in [2.05, 4.69) is 41.5 Å². The minimum absolute atomic E-state index is 0. The molecule has 0 aromatic carbocycles. The monoisotopic (exact) mass is 492 g/mol. The van der Waals surface area contributed by atoms with Gasteiger partial charge in [-0.05, 0) is 65.2 Å². The lowest BCUT2D eigenvalue weighted by molar-refractivity contribution is -0.187. The summed E-state index contributed by atoms with van der Waals surface area (Å²) in [6, 6.07) is 0. The molecule has 208 valence electrons. The van der Waals surface area contributed by atoms with Crippen molar-refractivity contribution in [2.45, 2.75) is 121 Å². The van der Waals surface area contributed by atoms with Gasteiger partial charge in [0.25, 0.3) is 0 Å². The number of rotatable bonds is 0. The molecular formula is C28H60O6. The van der Waals surface area contributed by atoms with Gasteiger partial charge < -0.3 is 28.4 Å². The molecule has 4 aliphatic rings. The topological polar surface area (TPSA) is 55.4 Å². The van der Waals surface area contributed by atoms with Crippen molar-refractivity contribution >= 4 is 0 Å². The van der Waals surface area contributed by atoms with Gasteiger partial charge in [0.15, 0.2) is 12.6 Å². The van der Waals surface area contributed by atoms with Crippen molar-refractivity contribution in [2.24, 2.45) is 23.7 Å². The molecular weight excluding hydrogens is 432 g/mol. The molecule has 4 heterocycles. The first kappa shape index (κ1) is 35.9. The summed E-state index contributed by atoms with van der Waals surface area (Å²) in [5, 5.41) is 0. The van der Waals surface area contributed by atoms with Crippen LogP contribution in [0.25, 0.3) is 0 Å². The van der Waals surface area contributed by atoms with Crippen molar-refractivity contribution in [1.82, 2.24) is 0 Å². The summed E-state index contributed by atoms with van der Waals surface area (Å²) in [6.07, 6.45) is 6.28. The Balaban J connectivity index is 0. The Morgan fingerprint density at radius 2 is 0.618 bits per heavy atom. The Bertz CT molecular complexity index is 297. The van der Waals surface area contributed by atoms with Crippen LogP contribution in [-0.4, -0.2) is 64.4 Å². The van der Waals surface area contributed by atoms with Gasteiger partial charge in [-0.3, -0.25) is 0 Å². The van der Waals surface area contributed by atoms with E-state index in [4.69, 9.17) is 28.4 Å². The fourth-order valence-corrected chi connectivity index (χ4v) is 3.42. The van der Waals surface area contributed by atoms with Gasteiger partial charge >= 0.3 is 0 Å². The van der Waals surface area contributed by atoms with Gasteiger partial charge in [0, 0.05) is 25.0 Å². The molecule has 4 aliphatic heterocycles. The molecule has 4 saturated heterocycles. The van der Waals surface area contributed by atoms with Crippen LogP contribution in [0.3, 0.4) is 0 Å². The predicted octanol–water partition coefficient (Wildman–Crippen LogP) is 6.95. The molecule has 0 radical (unpaired) electrons. The SMILES string of the molecule is C.C.CC1CCC(C)OC1.CC1CCC(C)OC1.CC1COC(C)OC1.CC1COC(C)OC1. The van der Waals surface area contributed by atoms with Crippen molar-refractivity contribution in [3.05, 3.63) is 0 Å². The average molecular weight is 493 g/mol. The van der Waals surface area contributed by atoms with Crippen LogP contribution in [0.2, 0.25) is 0 Å². The van der Waals surface area contributed by atoms with E-state index in [1.165, 1.54) is 25.7 Å². The van der Waals surface area contributed by atoms with E-state index < -0.39 is 0 Å². The quantitative estimate of drug-likeness (QED) is 0.365. The van der Waals surface area contributed by atoms with E-state index >= 15 is 0 Å². The van der Waals surface area contributed by atoms with Gasteiger partial charge in [-0.1, -0.05) is 42.5 Å². The molecule has 6 heteroatoms. The number of hydrogen-bond donors (Lipinski definition) is 0. The summed E-state index contributed by atoms with van der Waals surface area (Å²) >= 11 is 0. The maximum atomic E-state index is 5.39. The van der Waals surface area contributed by atoms with E-state index in [0.29, 0.717) is 24.0 Å². The van der Waals surface area contributed by atoms with Crippen molar-refractivity contribution in [3.63, 3.8) is 0 Å². The third-order valence-corrected chi connectivity index (χ3v) is 5.92. The maximum absolute atomic E-state index is 5.39. The molecule has 0 aromatic heterocycles. The lowest BCUT2D eigenvalue weighted by Gasteiger charge is -2.24.